The van der Waals surface area contributed by atoms with Gasteiger partial charge in [-0.3, -0.25) is 4.79 Å². The van der Waals surface area contributed by atoms with Gasteiger partial charge in [0.15, 0.2) is 11.6 Å². The lowest BCUT2D eigenvalue weighted by Gasteiger charge is -2.22. The van der Waals surface area contributed by atoms with Gasteiger partial charge in [-0.2, -0.15) is 0 Å². The lowest BCUT2D eigenvalue weighted by molar-refractivity contribution is -0.121. The SMILES string of the molecule is CCCC(C)(O)CNC(=O)Cc1ccc(OC)c(F)c1. The van der Waals surface area contributed by atoms with Gasteiger partial charge in [0.2, 0.25) is 5.91 Å². The first-order valence-corrected chi connectivity index (χ1v) is 6.69. The van der Waals surface area contributed by atoms with E-state index < -0.39 is 11.4 Å². The Hall–Kier alpha value is -1.62. The van der Waals surface area contributed by atoms with Crippen LogP contribution in [0.15, 0.2) is 18.2 Å². The molecule has 5 heteroatoms. The molecule has 0 heterocycles. The second-order valence-corrected chi connectivity index (χ2v) is 5.17. The summed E-state index contributed by atoms with van der Waals surface area (Å²) in [6, 6.07) is 4.42. The fourth-order valence-electron chi connectivity index (χ4n) is 1.98. The smallest absolute Gasteiger partial charge is 0.224 e. The second kappa shape index (κ2) is 7.24. The highest BCUT2D eigenvalue weighted by molar-refractivity contribution is 5.78. The number of hydrogen-bond donors (Lipinski definition) is 2. The molecular weight excluding hydrogens is 261 g/mol. The Morgan fingerprint density at radius 1 is 1.50 bits per heavy atom. The summed E-state index contributed by atoms with van der Waals surface area (Å²) >= 11 is 0. The standard InChI is InChI=1S/C15H22FNO3/c1-4-7-15(2,19)10-17-14(18)9-11-5-6-13(20-3)12(16)8-11/h5-6,8,19H,4,7,9-10H2,1-3H3,(H,17,18). The normalized spacial score (nSPS) is 13.7. The molecule has 0 spiro atoms. The lowest BCUT2D eigenvalue weighted by Crippen LogP contribution is -2.41. The Bertz CT molecular complexity index is 460. The quantitative estimate of drug-likeness (QED) is 0.805. The van der Waals surface area contributed by atoms with Crippen molar-refractivity contribution in [2.45, 2.75) is 38.7 Å². The molecule has 20 heavy (non-hydrogen) atoms. The molecule has 1 atom stereocenters. The minimum absolute atomic E-state index is 0.0725. The van der Waals surface area contributed by atoms with Crippen LogP contribution in [0.4, 0.5) is 4.39 Å². The largest absolute Gasteiger partial charge is 0.494 e. The summed E-state index contributed by atoms with van der Waals surface area (Å²) in [5, 5.41) is 12.6. The monoisotopic (exact) mass is 283 g/mol. The summed E-state index contributed by atoms with van der Waals surface area (Å²) in [6.07, 6.45) is 1.53. The molecule has 1 aromatic rings. The van der Waals surface area contributed by atoms with Crippen LogP contribution in [0.5, 0.6) is 5.75 Å². The van der Waals surface area contributed by atoms with Gasteiger partial charge in [-0.1, -0.05) is 19.4 Å². The number of rotatable bonds is 7. The highest BCUT2D eigenvalue weighted by Gasteiger charge is 2.19. The van der Waals surface area contributed by atoms with E-state index in [9.17, 15) is 14.3 Å². The Labute approximate surface area is 119 Å². The fraction of sp³-hybridized carbons (Fsp3) is 0.533. The van der Waals surface area contributed by atoms with Crippen LogP contribution in [0.3, 0.4) is 0 Å². The maximum Gasteiger partial charge on any atom is 0.224 e. The zero-order chi connectivity index (χ0) is 15.2. The number of halogens is 1. The highest BCUT2D eigenvalue weighted by Crippen LogP contribution is 2.18. The van der Waals surface area contributed by atoms with E-state index in [1.54, 1.807) is 13.0 Å². The number of aliphatic hydroxyl groups is 1. The topological polar surface area (TPSA) is 58.6 Å². The number of methoxy groups -OCH3 is 1. The van der Waals surface area contributed by atoms with Gasteiger partial charge in [-0.25, -0.2) is 4.39 Å². The Morgan fingerprint density at radius 2 is 2.20 bits per heavy atom. The first-order chi connectivity index (χ1) is 9.38. The predicted octanol–water partition coefficient (Wildman–Crippen LogP) is 2.04. The first kappa shape index (κ1) is 16.4. The molecule has 112 valence electrons. The Balaban J connectivity index is 2.52. The van der Waals surface area contributed by atoms with Crippen molar-refractivity contribution in [2.75, 3.05) is 13.7 Å². The molecule has 0 aromatic heterocycles. The van der Waals surface area contributed by atoms with Gasteiger partial charge in [0.25, 0.3) is 0 Å². The number of ether oxygens (including phenoxy) is 1. The molecule has 0 aliphatic rings. The lowest BCUT2D eigenvalue weighted by atomic mass is 10.0. The van der Waals surface area contributed by atoms with Crippen molar-refractivity contribution in [3.63, 3.8) is 0 Å². The van der Waals surface area contributed by atoms with Crippen molar-refractivity contribution in [3.8, 4) is 5.75 Å². The van der Waals surface area contributed by atoms with Gasteiger partial charge >= 0.3 is 0 Å². The van der Waals surface area contributed by atoms with Crippen LogP contribution in [0.2, 0.25) is 0 Å². The van der Waals surface area contributed by atoms with E-state index in [4.69, 9.17) is 4.74 Å². The maximum absolute atomic E-state index is 13.5. The molecular formula is C15H22FNO3. The van der Waals surface area contributed by atoms with Crippen LogP contribution in [-0.4, -0.2) is 30.3 Å². The molecule has 2 N–H and O–H groups in total. The average molecular weight is 283 g/mol. The average Bonchev–Trinajstić information content (AvgIpc) is 2.37. The molecule has 4 nitrogen and oxygen atoms in total. The molecule has 0 radical (unpaired) electrons. The zero-order valence-electron chi connectivity index (χ0n) is 12.2. The number of hydrogen-bond acceptors (Lipinski definition) is 3. The van der Waals surface area contributed by atoms with Crippen LogP contribution in [0.1, 0.15) is 32.3 Å². The van der Waals surface area contributed by atoms with Crippen molar-refractivity contribution < 1.29 is 19.0 Å². The molecule has 0 saturated carbocycles. The van der Waals surface area contributed by atoms with Crippen molar-refractivity contribution in [1.82, 2.24) is 5.32 Å². The summed E-state index contributed by atoms with van der Waals surface area (Å²) in [7, 11) is 1.39. The van der Waals surface area contributed by atoms with Gasteiger partial charge in [-0.05, 0) is 31.0 Å². The summed E-state index contributed by atoms with van der Waals surface area (Å²) < 4.78 is 18.3. The van der Waals surface area contributed by atoms with Crippen LogP contribution in [0.25, 0.3) is 0 Å². The van der Waals surface area contributed by atoms with Crippen molar-refractivity contribution in [2.24, 2.45) is 0 Å². The molecule has 0 bridgehead atoms. The van der Waals surface area contributed by atoms with Crippen molar-refractivity contribution >= 4 is 5.91 Å². The number of carbonyl (C=O) groups excluding carboxylic acids is 1. The van der Waals surface area contributed by atoms with Crippen LogP contribution < -0.4 is 10.1 Å². The Kier molecular flexibility index (Phi) is 5.95. The molecule has 1 amide bonds. The molecule has 1 unspecified atom stereocenters. The number of carbonyl (C=O) groups is 1. The summed E-state index contributed by atoms with van der Waals surface area (Å²) in [5.74, 6) is -0.582. The predicted molar refractivity (Wildman–Crippen MR) is 75.2 cm³/mol. The van der Waals surface area contributed by atoms with E-state index in [1.807, 2.05) is 6.92 Å². The van der Waals surface area contributed by atoms with Crippen molar-refractivity contribution in [1.29, 1.82) is 0 Å². The van der Waals surface area contributed by atoms with E-state index in [-0.39, 0.29) is 24.6 Å². The van der Waals surface area contributed by atoms with E-state index in [0.717, 1.165) is 6.42 Å². The molecule has 0 aliphatic heterocycles. The van der Waals surface area contributed by atoms with Gasteiger partial charge < -0.3 is 15.2 Å². The molecule has 0 aliphatic carbocycles. The van der Waals surface area contributed by atoms with E-state index in [2.05, 4.69) is 5.32 Å². The third-order valence-electron chi connectivity index (χ3n) is 3.04. The number of amides is 1. The first-order valence-electron chi connectivity index (χ1n) is 6.69. The van der Waals surface area contributed by atoms with Crippen LogP contribution >= 0.6 is 0 Å². The van der Waals surface area contributed by atoms with Crippen molar-refractivity contribution in [3.05, 3.63) is 29.6 Å². The fourth-order valence-corrected chi connectivity index (χ4v) is 1.98. The van der Waals surface area contributed by atoms with Crippen LogP contribution in [-0.2, 0) is 11.2 Å². The van der Waals surface area contributed by atoms with Gasteiger partial charge in [-0.15, -0.1) is 0 Å². The number of nitrogens with one attached hydrogen (secondary N) is 1. The van der Waals surface area contributed by atoms with Gasteiger partial charge in [0, 0.05) is 6.54 Å². The molecule has 0 fully saturated rings. The summed E-state index contributed by atoms with van der Waals surface area (Å²) in [6.45, 7) is 3.85. The maximum atomic E-state index is 13.5. The van der Waals surface area contributed by atoms with E-state index in [1.165, 1.54) is 19.2 Å². The molecule has 0 saturated heterocycles. The molecule has 1 rings (SSSR count). The van der Waals surface area contributed by atoms with Gasteiger partial charge in [0.05, 0.1) is 19.1 Å². The third-order valence-corrected chi connectivity index (χ3v) is 3.04. The van der Waals surface area contributed by atoms with Crippen LogP contribution in [0, 0.1) is 5.82 Å². The van der Waals surface area contributed by atoms with E-state index in [0.29, 0.717) is 12.0 Å². The zero-order valence-corrected chi connectivity index (χ0v) is 12.2. The third kappa shape index (κ3) is 5.17. The van der Waals surface area contributed by atoms with Gasteiger partial charge in [0.1, 0.15) is 0 Å². The minimum atomic E-state index is -0.907. The highest BCUT2D eigenvalue weighted by atomic mass is 19.1. The second-order valence-electron chi connectivity index (χ2n) is 5.17. The minimum Gasteiger partial charge on any atom is -0.494 e. The summed E-state index contributed by atoms with van der Waals surface area (Å²) in [4.78, 5) is 11.8. The van der Waals surface area contributed by atoms with E-state index >= 15 is 0 Å². The number of benzene rings is 1. The molecule has 1 aromatic carbocycles. The Morgan fingerprint density at radius 3 is 2.75 bits per heavy atom. The summed E-state index contributed by atoms with van der Waals surface area (Å²) in [5.41, 5.74) is -0.341.